The minimum Gasteiger partial charge on any atom is -0.265 e. The summed E-state index contributed by atoms with van der Waals surface area (Å²) in [6.45, 7) is 6.22. The summed E-state index contributed by atoms with van der Waals surface area (Å²) in [7, 11) is 0. The summed E-state index contributed by atoms with van der Waals surface area (Å²) in [6.07, 6.45) is 0. The molecule has 102 valence electrons. The van der Waals surface area contributed by atoms with Crippen LogP contribution < -0.4 is 0 Å². The molecule has 1 atom stereocenters. The molecular weight excluding hydrogens is 331 g/mol. The van der Waals surface area contributed by atoms with Crippen LogP contribution in [0.3, 0.4) is 0 Å². The Morgan fingerprint density at radius 3 is 2.63 bits per heavy atom. The Morgan fingerprint density at radius 2 is 2.11 bits per heavy atom. The molecule has 1 aromatic carbocycles. The lowest BCUT2D eigenvalue weighted by Crippen LogP contribution is -2.06. The lowest BCUT2D eigenvalue weighted by Gasteiger charge is -2.08. The van der Waals surface area contributed by atoms with Gasteiger partial charge in [0.05, 0.1) is 17.6 Å². The van der Waals surface area contributed by atoms with Crippen LogP contribution >= 0.6 is 27.5 Å². The molecule has 0 aliphatic carbocycles. The largest absolute Gasteiger partial charge is 0.265 e. The molecule has 0 saturated carbocycles. The Morgan fingerprint density at radius 1 is 1.42 bits per heavy atom. The zero-order chi connectivity index (χ0) is 14.2. The van der Waals surface area contributed by atoms with Gasteiger partial charge in [0.1, 0.15) is 5.82 Å². The lowest BCUT2D eigenvalue weighted by atomic mass is 10.1. The highest BCUT2D eigenvalue weighted by molar-refractivity contribution is 9.10. The summed E-state index contributed by atoms with van der Waals surface area (Å²) in [5.74, 6) is -0.234. The highest BCUT2D eigenvalue weighted by Crippen LogP contribution is 2.27. The molecule has 1 heterocycles. The van der Waals surface area contributed by atoms with Crippen LogP contribution in [-0.2, 0) is 6.54 Å². The van der Waals surface area contributed by atoms with Gasteiger partial charge in [-0.3, -0.25) is 4.68 Å². The molecule has 2 nitrogen and oxygen atoms in total. The van der Waals surface area contributed by atoms with Gasteiger partial charge in [-0.1, -0.05) is 22.0 Å². The average molecular weight is 346 g/mol. The maximum atomic E-state index is 13.8. The molecule has 5 heteroatoms. The van der Waals surface area contributed by atoms with E-state index in [2.05, 4.69) is 21.0 Å². The summed E-state index contributed by atoms with van der Waals surface area (Å²) < 4.78 is 16.4. The van der Waals surface area contributed by atoms with Crippen LogP contribution in [0.1, 0.15) is 34.8 Å². The average Bonchev–Trinajstić information content (AvgIpc) is 2.58. The zero-order valence-corrected chi connectivity index (χ0v) is 13.4. The molecule has 1 unspecified atom stereocenters. The molecule has 0 aliphatic rings. The normalized spacial score (nSPS) is 12.7. The Labute approximate surface area is 125 Å². The fraction of sp³-hybridized carbons (Fsp3) is 0.357. The smallest absolute Gasteiger partial charge is 0.129 e. The number of rotatable bonds is 3. The molecule has 2 rings (SSSR count). The van der Waals surface area contributed by atoms with E-state index in [1.807, 2.05) is 26.8 Å². The number of nitrogens with zero attached hydrogens (tertiary/aromatic N) is 2. The molecule has 0 radical (unpaired) electrons. The van der Waals surface area contributed by atoms with Crippen molar-refractivity contribution in [3.05, 3.63) is 51.0 Å². The fourth-order valence-corrected chi connectivity index (χ4v) is 2.90. The third-order valence-corrected chi connectivity index (χ3v) is 3.88. The van der Waals surface area contributed by atoms with Crippen LogP contribution in [0.4, 0.5) is 4.39 Å². The SMILES string of the molecule is Cc1nn(Cc2ccc(Br)cc2F)c(C)c1C(C)Cl. The van der Waals surface area contributed by atoms with Gasteiger partial charge in [0.2, 0.25) is 0 Å². The zero-order valence-electron chi connectivity index (χ0n) is 11.0. The summed E-state index contributed by atoms with van der Waals surface area (Å²) >= 11 is 9.40. The number of aryl methyl sites for hydroxylation is 1. The molecule has 0 saturated heterocycles. The Balaban J connectivity index is 2.36. The molecule has 0 aliphatic heterocycles. The molecule has 0 N–H and O–H groups in total. The third-order valence-electron chi connectivity index (χ3n) is 3.17. The minimum atomic E-state index is -0.234. The van der Waals surface area contributed by atoms with Crippen molar-refractivity contribution in [3.63, 3.8) is 0 Å². The van der Waals surface area contributed by atoms with Gasteiger partial charge in [-0.25, -0.2) is 4.39 Å². The lowest BCUT2D eigenvalue weighted by molar-refractivity contribution is 0.578. The molecule has 0 spiro atoms. The van der Waals surface area contributed by atoms with Gasteiger partial charge < -0.3 is 0 Å². The number of hydrogen-bond donors (Lipinski definition) is 0. The first-order chi connectivity index (χ1) is 8.90. The van der Waals surface area contributed by atoms with Gasteiger partial charge in [-0.05, 0) is 32.9 Å². The number of halogens is 3. The van der Waals surface area contributed by atoms with Crippen LogP contribution in [0, 0.1) is 19.7 Å². The number of aromatic nitrogens is 2. The van der Waals surface area contributed by atoms with E-state index >= 15 is 0 Å². The van der Waals surface area contributed by atoms with Gasteiger partial charge in [0.15, 0.2) is 0 Å². The highest BCUT2D eigenvalue weighted by atomic mass is 79.9. The van der Waals surface area contributed by atoms with Crippen LogP contribution in [0.2, 0.25) is 0 Å². The van der Waals surface area contributed by atoms with E-state index in [0.717, 1.165) is 21.4 Å². The van der Waals surface area contributed by atoms with Crippen molar-refractivity contribution >= 4 is 27.5 Å². The Kier molecular flexibility index (Phi) is 4.31. The first kappa shape index (κ1) is 14.5. The van der Waals surface area contributed by atoms with E-state index in [0.29, 0.717) is 12.1 Å². The quantitative estimate of drug-likeness (QED) is 0.734. The molecular formula is C14H15BrClFN2. The maximum Gasteiger partial charge on any atom is 0.129 e. The monoisotopic (exact) mass is 344 g/mol. The van der Waals surface area contributed by atoms with Crippen LogP contribution in [-0.4, -0.2) is 9.78 Å². The van der Waals surface area contributed by atoms with Gasteiger partial charge in [-0.2, -0.15) is 5.10 Å². The topological polar surface area (TPSA) is 17.8 Å². The number of alkyl halides is 1. The maximum absolute atomic E-state index is 13.8. The highest BCUT2D eigenvalue weighted by Gasteiger charge is 2.16. The predicted octanol–water partition coefficient (Wildman–Crippen LogP) is 4.75. The van der Waals surface area contributed by atoms with Crippen LogP contribution in [0.5, 0.6) is 0 Å². The van der Waals surface area contributed by atoms with E-state index in [1.165, 1.54) is 6.07 Å². The molecule has 2 aromatic rings. The van der Waals surface area contributed by atoms with E-state index in [4.69, 9.17) is 11.6 Å². The molecule has 0 fully saturated rings. The molecule has 19 heavy (non-hydrogen) atoms. The summed E-state index contributed by atoms with van der Waals surface area (Å²) in [5, 5.41) is 4.35. The second-order valence-corrected chi connectivity index (χ2v) is 6.16. The van der Waals surface area contributed by atoms with E-state index < -0.39 is 0 Å². The summed E-state index contributed by atoms with van der Waals surface area (Å²) in [4.78, 5) is 0. The van der Waals surface area contributed by atoms with Crippen LogP contribution in [0.25, 0.3) is 0 Å². The van der Waals surface area contributed by atoms with Crippen LogP contribution in [0.15, 0.2) is 22.7 Å². The molecule has 1 aromatic heterocycles. The second-order valence-electron chi connectivity index (χ2n) is 4.59. The molecule has 0 amide bonds. The first-order valence-corrected chi connectivity index (χ1v) is 7.25. The second kappa shape index (κ2) is 5.63. The van der Waals surface area contributed by atoms with E-state index in [9.17, 15) is 4.39 Å². The third kappa shape index (κ3) is 3.00. The standard InChI is InChI=1S/C14H15BrClFN2/c1-8(16)14-9(2)18-19(10(14)3)7-11-4-5-12(15)6-13(11)17/h4-6,8H,7H2,1-3H3. The predicted molar refractivity (Wildman–Crippen MR) is 79.2 cm³/mol. The van der Waals surface area contributed by atoms with Crippen molar-refractivity contribution in [2.24, 2.45) is 0 Å². The summed E-state index contributed by atoms with van der Waals surface area (Å²) in [6, 6.07) is 5.06. The van der Waals surface area contributed by atoms with E-state index in [1.54, 1.807) is 10.7 Å². The first-order valence-electron chi connectivity index (χ1n) is 6.02. The van der Waals surface area contributed by atoms with Crippen molar-refractivity contribution in [2.75, 3.05) is 0 Å². The van der Waals surface area contributed by atoms with Gasteiger partial charge in [0.25, 0.3) is 0 Å². The van der Waals surface area contributed by atoms with Gasteiger partial charge in [-0.15, -0.1) is 11.6 Å². The van der Waals surface area contributed by atoms with Crippen molar-refractivity contribution in [3.8, 4) is 0 Å². The summed E-state index contributed by atoms with van der Waals surface area (Å²) in [5.41, 5.74) is 3.53. The van der Waals surface area contributed by atoms with E-state index in [-0.39, 0.29) is 11.2 Å². The Hall–Kier alpha value is -0.870. The fourth-order valence-electron chi connectivity index (χ4n) is 2.25. The number of benzene rings is 1. The van der Waals surface area contributed by atoms with Gasteiger partial charge in [0, 0.05) is 21.3 Å². The van der Waals surface area contributed by atoms with Gasteiger partial charge >= 0.3 is 0 Å². The van der Waals surface area contributed by atoms with Crippen molar-refractivity contribution in [2.45, 2.75) is 32.7 Å². The van der Waals surface area contributed by atoms with Crippen molar-refractivity contribution in [1.29, 1.82) is 0 Å². The molecule has 0 bridgehead atoms. The number of hydrogen-bond acceptors (Lipinski definition) is 1. The van der Waals surface area contributed by atoms with Crippen molar-refractivity contribution < 1.29 is 4.39 Å². The Bertz CT molecular complexity index is 608. The minimum absolute atomic E-state index is 0.0940. The van der Waals surface area contributed by atoms with Crippen molar-refractivity contribution in [1.82, 2.24) is 9.78 Å².